The van der Waals surface area contributed by atoms with Gasteiger partial charge in [-0.05, 0) is 43.3 Å². The minimum absolute atomic E-state index is 0.368. The average Bonchev–Trinajstić information content (AvgIpc) is 3.12. The van der Waals surface area contributed by atoms with Crippen LogP contribution < -0.4 is 20.1 Å². The number of hydrogen-bond acceptors (Lipinski definition) is 5. The smallest absolute Gasteiger partial charge is 0.325 e. The maximum absolute atomic E-state index is 12.2. The van der Waals surface area contributed by atoms with E-state index >= 15 is 0 Å². The number of rotatable bonds is 6. The van der Waals surface area contributed by atoms with E-state index in [1.807, 2.05) is 54.8 Å². The highest BCUT2D eigenvalue weighted by atomic mass is 32.1. The molecule has 6 nitrogen and oxygen atoms in total. The summed E-state index contributed by atoms with van der Waals surface area (Å²) in [6, 6.07) is 14.5. The maximum Gasteiger partial charge on any atom is 0.325 e. The number of amides is 2. The molecule has 0 aliphatic carbocycles. The zero-order valence-corrected chi connectivity index (χ0v) is 15.3. The third kappa shape index (κ3) is 4.31. The SMILES string of the molecule is CCOc1ccccc1NC(=O)Nc1nc(-c2ccc(OC)cc2)cs1. The number of para-hydroxylation sites is 2. The number of carbonyl (C=O) groups excluding carboxylic acids is 1. The highest BCUT2D eigenvalue weighted by molar-refractivity contribution is 7.14. The van der Waals surface area contributed by atoms with E-state index in [1.54, 1.807) is 13.2 Å². The fraction of sp³-hybridized carbons (Fsp3) is 0.158. The van der Waals surface area contributed by atoms with Gasteiger partial charge >= 0.3 is 6.03 Å². The van der Waals surface area contributed by atoms with Gasteiger partial charge < -0.3 is 14.8 Å². The van der Waals surface area contributed by atoms with Crippen LogP contribution in [-0.4, -0.2) is 24.7 Å². The van der Waals surface area contributed by atoms with Crippen molar-refractivity contribution in [2.24, 2.45) is 0 Å². The predicted molar refractivity (Wildman–Crippen MR) is 104 cm³/mol. The van der Waals surface area contributed by atoms with E-state index in [0.717, 1.165) is 17.0 Å². The lowest BCUT2D eigenvalue weighted by atomic mass is 10.2. The zero-order chi connectivity index (χ0) is 18.4. The van der Waals surface area contributed by atoms with Crippen LogP contribution in [0.25, 0.3) is 11.3 Å². The van der Waals surface area contributed by atoms with Crippen LogP contribution in [0, 0.1) is 0 Å². The molecule has 2 N–H and O–H groups in total. The van der Waals surface area contributed by atoms with Gasteiger partial charge in [0.05, 0.1) is 25.1 Å². The van der Waals surface area contributed by atoms with Gasteiger partial charge in [0.2, 0.25) is 0 Å². The number of anilines is 2. The zero-order valence-electron chi connectivity index (χ0n) is 14.5. The molecule has 3 aromatic rings. The third-order valence-electron chi connectivity index (χ3n) is 3.55. The molecule has 7 heteroatoms. The molecule has 0 bridgehead atoms. The Bertz CT molecular complexity index is 878. The molecule has 2 aromatic carbocycles. The van der Waals surface area contributed by atoms with Crippen molar-refractivity contribution in [3.8, 4) is 22.8 Å². The Labute approximate surface area is 155 Å². The first-order valence-corrected chi connectivity index (χ1v) is 8.97. The van der Waals surface area contributed by atoms with Crippen molar-refractivity contribution in [2.45, 2.75) is 6.92 Å². The molecule has 3 rings (SSSR count). The number of benzene rings is 2. The monoisotopic (exact) mass is 369 g/mol. The number of hydrogen-bond donors (Lipinski definition) is 2. The fourth-order valence-corrected chi connectivity index (χ4v) is 3.04. The first kappa shape index (κ1) is 17.8. The molecule has 0 fully saturated rings. The van der Waals surface area contributed by atoms with Gasteiger partial charge in [-0.1, -0.05) is 12.1 Å². The van der Waals surface area contributed by atoms with Crippen molar-refractivity contribution in [3.63, 3.8) is 0 Å². The van der Waals surface area contributed by atoms with Crippen LogP contribution in [0.15, 0.2) is 53.9 Å². The van der Waals surface area contributed by atoms with Crippen molar-refractivity contribution < 1.29 is 14.3 Å². The fourth-order valence-electron chi connectivity index (χ4n) is 2.33. The van der Waals surface area contributed by atoms with Crippen molar-refractivity contribution in [2.75, 3.05) is 24.4 Å². The van der Waals surface area contributed by atoms with Crippen LogP contribution in [0.1, 0.15) is 6.92 Å². The Kier molecular flexibility index (Phi) is 5.70. The summed E-state index contributed by atoms with van der Waals surface area (Å²) in [7, 11) is 1.63. The molecule has 0 aliphatic rings. The normalized spacial score (nSPS) is 10.2. The minimum atomic E-state index is -0.368. The quantitative estimate of drug-likeness (QED) is 0.651. The van der Waals surface area contributed by atoms with Gasteiger partial charge in [-0.25, -0.2) is 9.78 Å². The summed E-state index contributed by atoms with van der Waals surface area (Å²) < 4.78 is 10.7. The predicted octanol–water partition coefficient (Wildman–Crippen LogP) is 4.86. The van der Waals surface area contributed by atoms with Crippen molar-refractivity contribution >= 4 is 28.2 Å². The molecule has 0 atom stereocenters. The van der Waals surface area contributed by atoms with Gasteiger partial charge in [0.1, 0.15) is 11.5 Å². The first-order chi connectivity index (χ1) is 12.7. The molecule has 0 spiro atoms. The van der Waals surface area contributed by atoms with E-state index in [9.17, 15) is 4.79 Å². The molecule has 1 aromatic heterocycles. The Balaban J connectivity index is 1.66. The number of carbonyl (C=O) groups is 1. The molecule has 134 valence electrons. The van der Waals surface area contributed by atoms with Crippen LogP contribution >= 0.6 is 11.3 Å². The molecule has 0 aliphatic heterocycles. The molecule has 26 heavy (non-hydrogen) atoms. The lowest BCUT2D eigenvalue weighted by molar-refractivity contribution is 0.262. The Morgan fingerprint density at radius 3 is 2.62 bits per heavy atom. The molecule has 0 unspecified atom stereocenters. The highest BCUT2D eigenvalue weighted by Gasteiger charge is 2.10. The van der Waals surface area contributed by atoms with E-state index in [1.165, 1.54) is 11.3 Å². The molecular formula is C19H19N3O3S. The van der Waals surface area contributed by atoms with E-state index in [-0.39, 0.29) is 6.03 Å². The highest BCUT2D eigenvalue weighted by Crippen LogP contribution is 2.27. The molecule has 0 saturated heterocycles. The van der Waals surface area contributed by atoms with Crippen LogP contribution in [0.3, 0.4) is 0 Å². The number of nitrogens with zero attached hydrogens (tertiary/aromatic N) is 1. The number of methoxy groups -OCH3 is 1. The summed E-state index contributed by atoms with van der Waals surface area (Å²) in [5, 5.41) is 7.94. The number of thiazole rings is 1. The molecule has 2 amide bonds. The largest absolute Gasteiger partial charge is 0.497 e. The average molecular weight is 369 g/mol. The van der Waals surface area contributed by atoms with E-state index in [2.05, 4.69) is 15.6 Å². The van der Waals surface area contributed by atoms with Gasteiger partial charge in [0.15, 0.2) is 5.13 Å². The molecule has 0 saturated carbocycles. The van der Waals surface area contributed by atoms with E-state index < -0.39 is 0 Å². The summed E-state index contributed by atoms with van der Waals surface area (Å²) in [5.74, 6) is 1.41. The topological polar surface area (TPSA) is 72.5 Å². The van der Waals surface area contributed by atoms with Gasteiger partial charge in [-0.3, -0.25) is 5.32 Å². The summed E-state index contributed by atoms with van der Waals surface area (Å²) in [5.41, 5.74) is 2.36. The third-order valence-corrected chi connectivity index (χ3v) is 4.30. The number of aromatic nitrogens is 1. The number of ether oxygens (including phenoxy) is 2. The van der Waals surface area contributed by atoms with Crippen LogP contribution in [0.2, 0.25) is 0 Å². The lowest BCUT2D eigenvalue weighted by Crippen LogP contribution is -2.19. The van der Waals surface area contributed by atoms with Crippen molar-refractivity contribution in [3.05, 3.63) is 53.9 Å². The summed E-state index contributed by atoms with van der Waals surface area (Å²) in [6.45, 7) is 2.42. The second-order valence-electron chi connectivity index (χ2n) is 5.27. The number of nitrogens with one attached hydrogen (secondary N) is 2. The Hall–Kier alpha value is -3.06. The maximum atomic E-state index is 12.2. The standard InChI is InChI=1S/C19H19N3O3S/c1-3-25-17-7-5-4-6-15(17)20-18(23)22-19-21-16(12-26-19)13-8-10-14(24-2)11-9-13/h4-12H,3H2,1-2H3,(H2,20,21,22,23). The Morgan fingerprint density at radius 2 is 1.88 bits per heavy atom. The lowest BCUT2D eigenvalue weighted by Gasteiger charge is -2.11. The van der Waals surface area contributed by atoms with Crippen molar-refractivity contribution in [1.29, 1.82) is 0 Å². The molecule has 0 radical (unpaired) electrons. The van der Waals surface area contributed by atoms with E-state index in [0.29, 0.717) is 23.2 Å². The van der Waals surface area contributed by atoms with Gasteiger partial charge in [0, 0.05) is 10.9 Å². The van der Waals surface area contributed by atoms with Crippen LogP contribution in [0.5, 0.6) is 11.5 Å². The Morgan fingerprint density at radius 1 is 1.12 bits per heavy atom. The first-order valence-electron chi connectivity index (χ1n) is 8.09. The number of urea groups is 1. The minimum Gasteiger partial charge on any atom is -0.497 e. The summed E-state index contributed by atoms with van der Waals surface area (Å²) in [6.07, 6.45) is 0. The molecule has 1 heterocycles. The molecular weight excluding hydrogens is 350 g/mol. The second kappa shape index (κ2) is 8.35. The van der Waals surface area contributed by atoms with Gasteiger partial charge in [-0.2, -0.15) is 0 Å². The van der Waals surface area contributed by atoms with Gasteiger partial charge in [-0.15, -0.1) is 11.3 Å². The summed E-state index contributed by atoms with van der Waals surface area (Å²) in [4.78, 5) is 16.7. The van der Waals surface area contributed by atoms with Crippen LogP contribution in [0.4, 0.5) is 15.6 Å². The van der Waals surface area contributed by atoms with Gasteiger partial charge in [0.25, 0.3) is 0 Å². The van der Waals surface area contributed by atoms with Crippen LogP contribution in [-0.2, 0) is 0 Å². The second-order valence-corrected chi connectivity index (χ2v) is 6.13. The van der Waals surface area contributed by atoms with E-state index in [4.69, 9.17) is 9.47 Å². The van der Waals surface area contributed by atoms with Crippen molar-refractivity contribution in [1.82, 2.24) is 4.98 Å². The summed E-state index contributed by atoms with van der Waals surface area (Å²) >= 11 is 1.36.